The summed E-state index contributed by atoms with van der Waals surface area (Å²) in [7, 11) is -4.02. The zero-order chi connectivity index (χ0) is 18.0. The molecule has 1 atom stereocenters. The number of nitrogens with one attached hydrogen (secondary N) is 1. The minimum absolute atomic E-state index is 0. The highest BCUT2D eigenvalue weighted by molar-refractivity contribution is 7.89. The highest BCUT2D eigenvalue weighted by atomic mass is 35.5. The van der Waals surface area contributed by atoms with Gasteiger partial charge in [0.1, 0.15) is 10.7 Å². The molecule has 146 valence electrons. The molecule has 2 aliphatic heterocycles. The molecule has 26 heavy (non-hydrogen) atoms. The topological polar surface area (TPSA) is 69.7 Å². The van der Waals surface area contributed by atoms with Gasteiger partial charge in [-0.05, 0) is 31.0 Å². The number of piperidine rings is 1. The first-order chi connectivity index (χ1) is 11.9. The van der Waals surface area contributed by atoms with Gasteiger partial charge in [0.25, 0.3) is 0 Å². The Morgan fingerprint density at radius 3 is 2.62 bits per heavy atom. The minimum Gasteiger partial charge on any atom is -0.340 e. The number of nitrogens with zero attached hydrogens (tertiary/aromatic N) is 2. The number of sulfonamides is 1. The summed E-state index contributed by atoms with van der Waals surface area (Å²) in [4.78, 5) is 14.0. The fourth-order valence-electron chi connectivity index (χ4n) is 3.32. The van der Waals surface area contributed by atoms with Gasteiger partial charge < -0.3 is 10.2 Å². The molecule has 0 aliphatic carbocycles. The van der Waals surface area contributed by atoms with E-state index in [9.17, 15) is 17.6 Å². The van der Waals surface area contributed by atoms with E-state index in [4.69, 9.17) is 11.6 Å². The summed E-state index contributed by atoms with van der Waals surface area (Å²) in [6, 6.07) is 3.47. The molecule has 2 aliphatic rings. The van der Waals surface area contributed by atoms with E-state index in [-0.39, 0.29) is 42.3 Å². The van der Waals surface area contributed by atoms with Crippen LogP contribution >= 0.6 is 24.0 Å². The zero-order valence-corrected chi connectivity index (χ0v) is 16.5. The van der Waals surface area contributed by atoms with Gasteiger partial charge in [-0.1, -0.05) is 11.6 Å². The van der Waals surface area contributed by atoms with E-state index >= 15 is 0 Å². The molecule has 1 unspecified atom stereocenters. The average Bonchev–Trinajstić information content (AvgIpc) is 2.64. The molecule has 0 saturated carbocycles. The number of rotatable bonds is 3. The summed E-state index contributed by atoms with van der Waals surface area (Å²) < 4.78 is 40.8. The summed E-state index contributed by atoms with van der Waals surface area (Å²) in [6.45, 7) is 3.11. The van der Waals surface area contributed by atoms with Crippen molar-refractivity contribution in [3.8, 4) is 0 Å². The lowest BCUT2D eigenvalue weighted by molar-refractivity contribution is -0.137. The molecule has 3 rings (SSSR count). The summed E-state index contributed by atoms with van der Waals surface area (Å²) in [5.41, 5.74) is 0. The third-order valence-corrected chi connectivity index (χ3v) is 6.79. The van der Waals surface area contributed by atoms with Gasteiger partial charge in [-0.15, -0.1) is 12.4 Å². The van der Waals surface area contributed by atoms with Crippen molar-refractivity contribution in [1.29, 1.82) is 0 Å². The van der Waals surface area contributed by atoms with Crippen LogP contribution in [0.5, 0.6) is 0 Å². The first kappa shape index (κ1) is 21.4. The number of benzene rings is 1. The van der Waals surface area contributed by atoms with Gasteiger partial charge in [-0.2, -0.15) is 4.31 Å². The van der Waals surface area contributed by atoms with E-state index in [0.717, 1.165) is 25.2 Å². The molecular weight excluding hydrogens is 404 g/mol. The molecule has 0 aromatic heterocycles. The Morgan fingerprint density at radius 2 is 1.92 bits per heavy atom. The quantitative estimate of drug-likeness (QED) is 0.800. The summed E-state index contributed by atoms with van der Waals surface area (Å²) in [5, 5.41) is 3.34. The third-order valence-electron chi connectivity index (χ3n) is 4.67. The number of carbonyl (C=O) groups is 1. The number of carbonyl (C=O) groups excluding carboxylic acids is 1. The van der Waals surface area contributed by atoms with Crippen molar-refractivity contribution in [2.75, 3.05) is 39.3 Å². The van der Waals surface area contributed by atoms with Gasteiger partial charge in [0.2, 0.25) is 15.9 Å². The van der Waals surface area contributed by atoms with Crippen LogP contribution in [0.1, 0.15) is 12.8 Å². The summed E-state index contributed by atoms with van der Waals surface area (Å²) in [5.74, 6) is -1.24. The Morgan fingerprint density at radius 1 is 1.23 bits per heavy atom. The molecule has 10 heteroatoms. The van der Waals surface area contributed by atoms with Crippen LogP contribution in [0.15, 0.2) is 23.1 Å². The van der Waals surface area contributed by atoms with Crippen molar-refractivity contribution in [3.63, 3.8) is 0 Å². The van der Waals surface area contributed by atoms with Crippen LogP contribution in [0.25, 0.3) is 0 Å². The van der Waals surface area contributed by atoms with Crippen molar-refractivity contribution in [3.05, 3.63) is 29.0 Å². The molecule has 2 saturated heterocycles. The highest BCUT2D eigenvalue weighted by Gasteiger charge is 2.36. The van der Waals surface area contributed by atoms with Crippen LogP contribution in [0.3, 0.4) is 0 Å². The van der Waals surface area contributed by atoms with E-state index < -0.39 is 20.7 Å². The van der Waals surface area contributed by atoms with Crippen LogP contribution in [0.4, 0.5) is 4.39 Å². The SMILES string of the molecule is Cl.O=C(C1CCCN(S(=O)(=O)c2cc(Cl)ccc2F)C1)N1CCNCC1. The fraction of sp³-hybridized carbons (Fsp3) is 0.562. The molecule has 6 nitrogen and oxygen atoms in total. The van der Waals surface area contributed by atoms with Gasteiger partial charge in [-0.25, -0.2) is 12.8 Å². The van der Waals surface area contributed by atoms with Gasteiger partial charge in [0.15, 0.2) is 0 Å². The molecule has 1 aromatic rings. The first-order valence-corrected chi connectivity index (χ1v) is 10.2. The lowest BCUT2D eigenvalue weighted by Gasteiger charge is -2.35. The van der Waals surface area contributed by atoms with E-state index in [1.807, 2.05) is 0 Å². The predicted molar refractivity (Wildman–Crippen MR) is 99.6 cm³/mol. The molecular formula is C16H22Cl2FN3O3S. The molecule has 1 N–H and O–H groups in total. The molecule has 1 aromatic carbocycles. The van der Waals surface area contributed by atoms with Crippen molar-refractivity contribution < 1.29 is 17.6 Å². The fourth-order valence-corrected chi connectivity index (χ4v) is 5.17. The van der Waals surface area contributed by atoms with Crippen LogP contribution in [0, 0.1) is 11.7 Å². The summed E-state index contributed by atoms with van der Waals surface area (Å²) in [6.07, 6.45) is 1.22. The standard InChI is InChI=1S/C16H21ClFN3O3S.ClH/c17-13-3-4-14(18)15(10-13)25(23,24)21-7-1-2-12(11-21)16(22)20-8-5-19-6-9-20;/h3-4,10,12,19H,1-2,5-9,11H2;1H. The van der Waals surface area contributed by atoms with Gasteiger partial charge in [0, 0.05) is 44.3 Å². The second kappa shape index (κ2) is 8.84. The monoisotopic (exact) mass is 425 g/mol. The normalized spacial score (nSPS) is 21.9. The van der Waals surface area contributed by atoms with Gasteiger partial charge in [0.05, 0.1) is 5.92 Å². The molecule has 2 fully saturated rings. The third kappa shape index (κ3) is 4.48. The second-order valence-electron chi connectivity index (χ2n) is 6.35. The number of amides is 1. The molecule has 2 heterocycles. The highest BCUT2D eigenvalue weighted by Crippen LogP contribution is 2.28. The summed E-state index contributed by atoms with van der Waals surface area (Å²) >= 11 is 5.83. The lowest BCUT2D eigenvalue weighted by Crippen LogP contribution is -2.51. The lowest BCUT2D eigenvalue weighted by atomic mass is 9.98. The van der Waals surface area contributed by atoms with Crippen molar-refractivity contribution in [2.24, 2.45) is 5.92 Å². The average molecular weight is 426 g/mol. The smallest absolute Gasteiger partial charge is 0.246 e. The van der Waals surface area contributed by atoms with Crippen LogP contribution in [0.2, 0.25) is 5.02 Å². The maximum Gasteiger partial charge on any atom is 0.246 e. The Hall–Kier alpha value is -0.930. The maximum atomic E-state index is 14.0. The Balaban J connectivity index is 0.00000243. The Kier molecular flexibility index (Phi) is 7.27. The van der Waals surface area contributed by atoms with Crippen molar-refractivity contribution in [2.45, 2.75) is 17.7 Å². The maximum absolute atomic E-state index is 14.0. The number of piperazine rings is 1. The Bertz CT molecular complexity index is 757. The van der Waals surface area contributed by atoms with Crippen molar-refractivity contribution in [1.82, 2.24) is 14.5 Å². The van der Waals surface area contributed by atoms with E-state index in [1.54, 1.807) is 4.90 Å². The van der Waals surface area contributed by atoms with Gasteiger partial charge >= 0.3 is 0 Å². The Labute approximate surface area is 164 Å². The minimum atomic E-state index is -4.02. The van der Waals surface area contributed by atoms with Crippen LogP contribution < -0.4 is 5.32 Å². The molecule has 0 bridgehead atoms. The zero-order valence-electron chi connectivity index (χ0n) is 14.2. The first-order valence-electron chi connectivity index (χ1n) is 8.34. The largest absolute Gasteiger partial charge is 0.340 e. The van der Waals surface area contributed by atoms with E-state index in [0.29, 0.717) is 25.9 Å². The van der Waals surface area contributed by atoms with Crippen molar-refractivity contribution >= 4 is 39.9 Å². The number of hydrogen-bond donors (Lipinski definition) is 1. The number of hydrogen-bond acceptors (Lipinski definition) is 4. The van der Waals surface area contributed by atoms with E-state index in [1.165, 1.54) is 10.4 Å². The van der Waals surface area contributed by atoms with Crippen LogP contribution in [-0.4, -0.2) is 62.8 Å². The molecule has 0 radical (unpaired) electrons. The predicted octanol–water partition coefficient (Wildman–Crippen LogP) is 1.73. The second-order valence-corrected chi connectivity index (χ2v) is 8.70. The van der Waals surface area contributed by atoms with Gasteiger partial charge in [-0.3, -0.25) is 4.79 Å². The van der Waals surface area contributed by atoms with Crippen LogP contribution in [-0.2, 0) is 14.8 Å². The van der Waals surface area contributed by atoms with E-state index in [2.05, 4.69) is 5.32 Å². The number of halogens is 3. The molecule has 0 spiro atoms. The molecule has 1 amide bonds.